The fourth-order valence-electron chi connectivity index (χ4n) is 2.83. The number of amides is 1. The van der Waals surface area contributed by atoms with Gasteiger partial charge in [0.1, 0.15) is 10.6 Å². The van der Waals surface area contributed by atoms with Crippen molar-refractivity contribution in [1.82, 2.24) is 10.2 Å². The highest BCUT2D eigenvalue weighted by atomic mass is 35.5. The van der Waals surface area contributed by atoms with Crippen molar-refractivity contribution < 1.29 is 9.53 Å². The molecule has 24 heavy (non-hydrogen) atoms. The number of hydrogen-bond acceptors (Lipinski definition) is 4. The minimum atomic E-state index is -0.241. The van der Waals surface area contributed by atoms with E-state index in [4.69, 9.17) is 28.6 Å². The number of halogens is 1. The molecule has 0 radical (unpaired) electrons. The van der Waals surface area contributed by atoms with Crippen molar-refractivity contribution in [3.05, 3.63) is 28.1 Å². The number of fused-ring (bicyclic) bond motifs is 1. The molecule has 1 aromatic carbocycles. The Hall–Kier alpha value is -1.37. The van der Waals surface area contributed by atoms with Gasteiger partial charge in [-0.1, -0.05) is 24.4 Å². The first-order chi connectivity index (χ1) is 11.6. The number of nitrogens with one attached hydrogen (secondary N) is 1. The topological polar surface area (TPSA) is 41.6 Å². The largest absolute Gasteiger partial charge is 0.497 e. The normalized spacial score (nSPS) is 15.2. The van der Waals surface area contributed by atoms with Crippen LogP contribution in [0.2, 0.25) is 5.02 Å². The summed E-state index contributed by atoms with van der Waals surface area (Å²) < 4.78 is 6.14. The third-order valence-electron chi connectivity index (χ3n) is 4.16. The van der Waals surface area contributed by atoms with Crippen LogP contribution in [-0.4, -0.2) is 36.1 Å². The van der Waals surface area contributed by atoms with Crippen molar-refractivity contribution >= 4 is 56.3 Å². The van der Waals surface area contributed by atoms with E-state index in [1.54, 1.807) is 7.11 Å². The molecule has 0 atom stereocenters. The quantitative estimate of drug-likeness (QED) is 0.779. The number of thiophene rings is 1. The molecular weight excluding hydrogens is 364 g/mol. The second-order valence-corrected chi connectivity index (χ2v) is 7.58. The Morgan fingerprint density at radius 3 is 2.67 bits per heavy atom. The van der Waals surface area contributed by atoms with Crippen molar-refractivity contribution in [3.8, 4) is 5.75 Å². The van der Waals surface area contributed by atoms with Crippen LogP contribution < -0.4 is 10.1 Å². The number of carbonyl (C=O) groups is 1. The molecule has 0 spiro atoms. The number of nitrogens with zero attached hydrogens (tertiary/aromatic N) is 1. The average molecular weight is 383 g/mol. The summed E-state index contributed by atoms with van der Waals surface area (Å²) in [7, 11) is 1.61. The number of methoxy groups -OCH3 is 1. The van der Waals surface area contributed by atoms with E-state index in [2.05, 4.69) is 10.2 Å². The summed E-state index contributed by atoms with van der Waals surface area (Å²) in [6, 6.07) is 5.59. The Kier molecular flexibility index (Phi) is 5.58. The predicted octanol–water partition coefficient (Wildman–Crippen LogP) is 4.45. The molecule has 0 aliphatic carbocycles. The minimum Gasteiger partial charge on any atom is -0.497 e. The molecule has 0 bridgehead atoms. The van der Waals surface area contributed by atoms with Crippen molar-refractivity contribution in [3.63, 3.8) is 0 Å². The lowest BCUT2D eigenvalue weighted by Gasteiger charge is -2.23. The number of rotatable bonds is 2. The summed E-state index contributed by atoms with van der Waals surface area (Å²) in [5, 5.41) is 4.65. The van der Waals surface area contributed by atoms with Crippen LogP contribution >= 0.6 is 35.2 Å². The first kappa shape index (κ1) is 17.5. The monoisotopic (exact) mass is 382 g/mol. The predicted molar refractivity (Wildman–Crippen MR) is 103 cm³/mol. The highest BCUT2D eigenvalue weighted by Gasteiger charge is 2.20. The van der Waals surface area contributed by atoms with E-state index in [1.165, 1.54) is 24.2 Å². The molecule has 1 saturated heterocycles. The van der Waals surface area contributed by atoms with E-state index in [9.17, 15) is 4.79 Å². The van der Waals surface area contributed by atoms with Gasteiger partial charge in [0.25, 0.3) is 5.91 Å². The van der Waals surface area contributed by atoms with E-state index < -0.39 is 0 Å². The number of thiocarbonyl (C=S) groups is 1. The highest BCUT2D eigenvalue weighted by molar-refractivity contribution is 7.80. The standard InChI is InChI=1S/C17H19ClN2O2S2/c1-22-11-6-7-12-13(10-11)24-15(14(12)18)16(21)19-17(23)20-8-4-2-3-5-9-20/h6-7,10H,2-5,8-9H2,1H3,(H,19,21,23). The molecule has 1 aliphatic heterocycles. The SMILES string of the molecule is COc1ccc2c(Cl)c(C(=O)NC(=S)N3CCCCCC3)sc2c1. The summed E-state index contributed by atoms with van der Waals surface area (Å²) in [4.78, 5) is 15.2. The van der Waals surface area contributed by atoms with Crippen molar-refractivity contribution in [1.29, 1.82) is 0 Å². The van der Waals surface area contributed by atoms with Gasteiger partial charge in [0.05, 0.1) is 12.1 Å². The van der Waals surface area contributed by atoms with Crippen LogP contribution in [0.3, 0.4) is 0 Å². The molecule has 0 saturated carbocycles. The van der Waals surface area contributed by atoms with Crippen LogP contribution in [0.15, 0.2) is 18.2 Å². The Bertz CT molecular complexity index is 767. The lowest BCUT2D eigenvalue weighted by Crippen LogP contribution is -2.42. The number of benzene rings is 1. The number of hydrogen-bond donors (Lipinski definition) is 1. The Morgan fingerprint density at radius 1 is 1.29 bits per heavy atom. The zero-order chi connectivity index (χ0) is 17.1. The molecule has 0 unspecified atom stereocenters. The third-order valence-corrected chi connectivity index (χ3v) is 6.17. The number of likely N-dealkylation sites (tertiary alicyclic amines) is 1. The zero-order valence-corrected chi connectivity index (χ0v) is 15.8. The molecule has 1 N–H and O–H groups in total. The van der Waals surface area contributed by atoms with E-state index in [0.717, 1.165) is 41.8 Å². The van der Waals surface area contributed by atoms with Gasteiger partial charge in [-0.25, -0.2) is 0 Å². The van der Waals surface area contributed by atoms with Crippen LogP contribution in [0.4, 0.5) is 0 Å². The highest BCUT2D eigenvalue weighted by Crippen LogP contribution is 2.37. The maximum absolute atomic E-state index is 12.6. The van der Waals surface area contributed by atoms with Gasteiger partial charge in [-0.2, -0.15) is 0 Å². The van der Waals surface area contributed by atoms with Gasteiger partial charge in [-0.15, -0.1) is 11.3 Å². The first-order valence-corrected chi connectivity index (χ1v) is 9.56. The molecule has 128 valence electrons. The van der Waals surface area contributed by atoms with Crippen LogP contribution in [-0.2, 0) is 0 Å². The fraction of sp³-hybridized carbons (Fsp3) is 0.412. The van der Waals surface area contributed by atoms with Crippen LogP contribution in [0.5, 0.6) is 5.75 Å². The minimum absolute atomic E-state index is 0.241. The van der Waals surface area contributed by atoms with Crippen molar-refractivity contribution in [2.24, 2.45) is 0 Å². The molecular formula is C17H19ClN2O2S2. The van der Waals surface area contributed by atoms with Gasteiger partial charge in [-0.05, 0) is 43.3 Å². The maximum Gasteiger partial charge on any atom is 0.269 e. The van der Waals surface area contributed by atoms with Crippen LogP contribution in [0, 0.1) is 0 Å². The Labute approximate surface area is 155 Å². The van der Waals surface area contributed by atoms with Crippen LogP contribution in [0.25, 0.3) is 10.1 Å². The fourth-order valence-corrected chi connectivity index (χ4v) is 4.54. The Balaban J connectivity index is 1.78. The third kappa shape index (κ3) is 3.66. The molecule has 1 amide bonds. The van der Waals surface area contributed by atoms with Gasteiger partial charge in [0.2, 0.25) is 0 Å². The van der Waals surface area contributed by atoms with Crippen molar-refractivity contribution in [2.45, 2.75) is 25.7 Å². The first-order valence-electron chi connectivity index (χ1n) is 7.96. The maximum atomic E-state index is 12.6. The van der Waals surface area contributed by atoms with Gasteiger partial charge in [0, 0.05) is 23.2 Å². The molecule has 4 nitrogen and oxygen atoms in total. The van der Waals surface area contributed by atoms with Crippen molar-refractivity contribution in [2.75, 3.05) is 20.2 Å². The number of carbonyl (C=O) groups excluding carboxylic acids is 1. The Morgan fingerprint density at radius 2 is 2.00 bits per heavy atom. The zero-order valence-electron chi connectivity index (χ0n) is 13.4. The smallest absolute Gasteiger partial charge is 0.269 e. The van der Waals surface area contributed by atoms with Gasteiger partial charge < -0.3 is 9.64 Å². The van der Waals surface area contributed by atoms with Gasteiger partial charge in [-0.3, -0.25) is 10.1 Å². The van der Waals surface area contributed by atoms with Gasteiger partial charge >= 0.3 is 0 Å². The lowest BCUT2D eigenvalue weighted by molar-refractivity contribution is 0.0977. The summed E-state index contributed by atoms with van der Waals surface area (Å²) in [6.45, 7) is 1.80. The van der Waals surface area contributed by atoms with E-state index in [0.29, 0.717) is 15.0 Å². The van der Waals surface area contributed by atoms with Crippen LogP contribution in [0.1, 0.15) is 35.4 Å². The second-order valence-electron chi connectivity index (χ2n) is 5.77. The number of ether oxygens (including phenoxy) is 1. The summed E-state index contributed by atoms with van der Waals surface area (Å²) >= 11 is 13.2. The summed E-state index contributed by atoms with van der Waals surface area (Å²) in [5.41, 5.74) is 0. The molecule has 2 aromatic rings. The summed E-state index contributed by atoms with van der Waals surface area (Å²) in [5.74, 6) is 0.502. The van der Waals surface area contributed by atoms with E-state index in [-0.39, 0.29) is 5.91 Å². The molecule has 7 heteroatoms. The van der Waals surface area contributed by atoms with E-state index in [1.807, 2.05) is 18.2 Å². The van der Waals surface area contributed by atoms with Gasteiger partial charge in [0.15, 0.2) is 5.11 Å². The average Bonchev–Trinajstić information content (AvgIpc) is 2.77. The molecule has 1 aromatic heterocycles. The molecule has 1 fully saturated rings. The molecule has 2 heterocycles. The van der Waals surface area contributed by atoms with E-state index >= 15 is 0 Å². The second kappa shape index (κ2) is 7.68. The summed E-state index contributed by atoms with van der Waals surface area (Å²) in [6.07, 6.45) is 4.66. The lowest BCUT2D eigenvalue weighted by atomic mass is 10.2. The molecule has 1 aliphatic rings. The molecule has 3 rings (SSSR count).